The Balaban J connectivity index is 1.91. The van der Waals surface area contributed by atoms with Gasteiger partial charge in [-0.15, -0.1) is 10.2 Å². The van der Waals surface area contributed by atoms with E-state index in [4.69, 9.17) is 0 Å². The van der Waals surface area contributed by atoms with Crippen LogP contribution in [0.5, 0.6) is 0 Å². The predicted molar refractivity (Wildman–Crippen MR) is 131 cm³/mol. The summed E-state index contributed by atoms with van der Waals surface area (Å²) in [6, 6.07) is 12.1. The lowest BCUT2D eigenvalue weighted by molar-refractivity contribution is -0.114. The largest absolute Gasteiger partial charge is 0.299 e. The maximum Gasteiger partial charge on any atom is 0.264 e. The summed E-state index contributed by atoms with van der Waals surface area (Å²) in [5, 5.41) is 11.4. The number of carbonyl (C=O) groups excluding carboxylic acids is 1. The molecule has 0 aliphatic heterocycles. The first kappa shape index (κ1) is 24.2. The normalized spacial score (nSPS) is 11.6. The molecule has 3 aromatic rings. The summed E-state index contributed by atoms with van der Waals surface area (Å²) in [4.78, 5) is 13.0. The molecule has 1 N–H and O–H groups in total. The molecule has 0 saturated heterocycles. The van der Waals surface area contributed by atoms with Crippen LogP contribution in [-0.2, 0) is 14.8 Å². The van der Waals surface area contributed by atoms with Crippen LogP contribution in [0.3, 0.4) is 0 Å². The van der Waals surface area contributed by atoms with E-state index in [2.05, 4.69) is 15.5 Å². The summed E-state index contributed by atoms with van der Waals surface area (Å²) in [7, 11) is -3.97. The lowest BCUT2D eigenvalue weighted by Crippen LogP contribution is -2.38. The minimum Gasteiger partial charge on any atom is -0.299 e. The molecule has 1 aromatic heterocycles. The van der Waals surface area contributed by atoms with Gasteiger partial charge in [0, 0.05) is 5.25 Å². The van der Waals surface area contributed by atoms with E-state index in [1.807, 2.05) is 40.7 Å². The molecule has 7 nitrogen and oxygen atoms in total. The number of nitrogens with one attached hydrogen (secondary N) is 1. The Kier molecular flexibility index (Phi) is 7.58. The smallest absolute Gasteiger partial charge is 0.264 e. The van der Waals surface area contributed by atoms with E-state index in [1.54, 1.807) is 48.2 Å². The highest BCUT2D eigenvalue weighted by atomic mass is 32.2. The van der Waals surface area contributed by atoms with Gasteiger partial charge < -0.3 is 0 Å². The van der Waals surface area contributed by atoms with Crippen LogP contribution >= 0.6 is 23.1 Å². The minimum atomic E-state index is -3.97. The van der Waals surface area contributed by atoms with Gasteiger partial charge in [-0.25, -0.2) is 8.42 Å². The van der Waals surface area contributed by atoms with Crippen molar-refractivity contribution in [3.05, 3.63) is 59.2 Å². The third-order valence-corrected chi connectivity index (χ3v) is 8.09. The zero-order chi connectivity index (χ0) is 23.5. The lowest BCUT2D eigenvalue weighted by Gasteiger charge is -2.24. The van der Waals surface area contributed by atoms with Gasteiger partial charge in [-0.05, 0) is 56.2 Å². The summed E-state index contributed by atoms with van der Waals surface area (Å²) in [5.41, 5.74) is 3.20. The van der Waals surface area contributed by atoms with Crippen molar-refractivity contribution in [1.29, 1.82) is 0 Å². The Morgan fingerprint density at radius 3 is 2.25 bits per heavy atom. The molecule has 0 unspecified atom stereocenters. The van der Waals surface area contributed by atoms with E-state index in [0.717, 1.165) is 25.3 Å². The molecule has 170 valence electrons. The number of anilines is 2. The van der Waals surface area contributed by atoms with Crippen LogP contribution in [0.15, 0.2) is 51.7 Å². The first-order chi connectivity index (χ1) is 15.0. The van der Waals surface area contributed by atoms with Crippen molar-refractivity contribution in [1.82, 2.24) is 10.2 Å². The van der Waals surface area contributed by atoms with Crippen LogP contribution in [0.1, 0.15) is 30.5 Å². The fraction of sp³-hybridized carbons (Fsp3) is 0.318. The van der Waals surface area contributed by atoms with Crippen molar-refractivity contribution >= 4 is 49.8 Å². The van der Waals surface area contributed by atoms with Gasteiger partial charge in [0.2, 0.25) is 11.0 Å². The van der Waals surface area contributed by atoms with Gasteiger partial charge in [-0.2, -0.15) is 0 Å². The Hall–Kier alpha value is -2.43. The minimum absolute atomic E-state index is 0.126. The molecule has 32 heavy (non-hydrogen) atoms. The zero-order valence-corrected chi connectivity index (χ0v) is 21.1. The molecule has 1 amide bonds. The standard InChI is InChI=1S/C22H26N4O3S3/c1-14(2)30-22-25-24-21(31-22)23-20(27)13-26(18-11-16(4)10-17(5)12-18)32(28,29)19-8-6-15(3)7-9-19/h6-12,14H,13H2,1-5H3,(H,23,24,27). The number of benzene rings is 2. The van der Waals surface area contributed by atoms with Crippen molar-refractivity contribution in [3.63, 3.8) is 0 Å². The van der Waals surface area contributed by atoms with Gasteiger partial charge in [0.25, 0.3) is 10.0 Å². The number of hydrogen-bond acceptors (Lipinski definition) is 7. The third kappa shape index (κ3) is 6.08. The molecule has 0 bridgehead atoms. The van der Waals surface area contributed by atoms with E-state index < -0.39 is 15.9 Å². The summed E-state index contributed by atoms with van der Waals surface area (Å²) in [6.45, 7) is 9.37. The summed E-state index contributed by atoms with van der Waals surface area (Å²) in [6.07, 6.45) is 0. The number of hydrogen-bond donors (Lipinski definition) is 1. The number of nitrogens with zero attached hydrogens (tertiary/aromatic N) is 3. The molecule has 0 aliphatic rings. The van der Waals surface area contributed by atoms with Gasteiger partial charge in [-0.1, -0.05) is 60.7 Å². The van der Waals surface area contributed by atoms with Crippen LogP contribution in [0.2, 0.25) is 0 Å². The van der Waals surface area contributed by atoms with E-state index >= 15 is 0 Å². The maximum absolute atomic E-state index is 13.5. The van der Waals surface area contributed by atoms with Crippen molar-refractivity contribution < 1.29 is 13.2 Å². The summed E-state index contributed by atoms with van der Waals surface area (Å²) >= 11 is 2.81. The highest BCUT2D eigenvalue weighted by Crippen LogP contribution is 2.29. The van der Waals surface area contributed by atoms with Crippen molar-refractivity contribution in [2.75, 3.05) is 16.2 Å². The number of amides is 1. The average Bonchev–Trinajstić information content (AvgIpc) is 3.11. The van der Waals surface area contributed by atoms with Gasteiger partial charge in [0.05, 0.1) is 10.6 Å². The molecular formula is C22H26N4O3S3. The van der Waals surface area contributed by atoms with E-state index in [0.29, 0.717) is 16.1 Å². The molecule has 3 rings (SSSR count). The monoisotopic (exact) mass is 490 g/mol. The number of aromatic nitrogens is 2. The average molecular weight is 491 g/mol. The van der Waals surface area contributed by atoms with Crippen LogP contribution in [0.4, 0.5) is 10.8 Å². The Labute approximate surface area is 197 Å². The fourth-order valence-electron chi connectivity index (χ4n) is 3.05. The first-order valence-corrected chi connectivity index (χ1v) is 13.2. The third-order valence-electron chi connectivity index (χ3n) is 4.38. The first-order valence-electron chi connectivity index (χ1n) is 10.0. The van der Waals surface area contributed by atoms with Crippen molar-refractivity contribution in [2.45, 2.75) is 49.1 Å². The van der Waals surface area contributed by atoms with Crippen molar-refractivity contribution in [3.8, 4) is 0 Å². The van der Waals surface area contributed by atoms with Gasteiger partial charge in [0.15, 0.2) is 4.34 Å². The second-order valence-corrected chi connectivity index (χ2v) is 12.4. The quantitative estimate of drug-likeness (QED) is 0.360. The number of aryl methyl sites for hydroxylation is 3. The number of rotatable bonds is 8. The van der Waals surface area contributed by atoms with Gasteiger partial charge >= 0.3 is 0 Å². The number of carbonyl (C=O) groups is 1. The van der Waals surface area contributed by atoms with Crippen LogP contribution < -0.4 is 9.62 Å². The molecule has 0 atom stereocenters. The highest BCUT2D eigenvalue weighted by Gasteiger charge is 2.28. The van der Waals surface area contributed by atoms with E-state index in [9.17, 15) is 13.2 Å². The molecule has 0 spiro atoms. The van der Waals surface area contributed by atoms with Crippen LogP contribution in [-0.4, -0.2) is 36.3 Å². The molecular weight excluding hydrogens is 464 g/mol. The van der Waals surface area contributed by atoms with E-state index in [-0.39, 0.29) is 11.4 Å². The number of sulfonamides is 1. The summed E-state index contributed by atoms with van der Waals surface area (Å²) in [5.74, 6) is -0.489. The second-order valence-electron chi connectivity index (χ2n) is 7.76. The number of thioether (sulfide) groups is 1. The Bertz CT molecular complexity index is 1190. The van der Waals surface area contributed by atoms with Gasteiger partial charge in [0.1, 0.15) is 6.54 Å². The van der Waals surface area contributed by atoms with E-state index in [1.165, 1.54) is 11.3 Å². The molecule has 10 heteroatoms. The Morgan fingerprint density at radius 2 is 1.66 bits per heavy atom. The van der Waals surface area contributed by atoms with Crippen LogP contribution in [0, 0.1) is 20.8 Å². The predicted octanol–water partition coefficient (Wildman–Crippen LogP) is 4.80. The SMILES string of the molecule is Cc1ccc(S(=O)(=O)N(CC(=O)Nc2nnc(SC(C)C)s2)c2cc(C)cc(C)c2)cc1. The molecule has 1 heterocycles. The molecule has 0 fully saturated rings. The second kappa shape index (κ2) is 10.0. The molecule has 2 aromatic carbocycles. The summed E-state index contributed by atoms with van der Waals surface area (Å²) < 4.78 is 28.9. The van der Waals surface area contributed by atoms with Crippen LogP contribution in [0.25, 0.3) is 0 Å². The topological polar surface area (TPSA) is 92.3 Å². The molecule has 0 radical (unpaired) electrons. The highest BCUT2D eigenvalue weighted by molar-refractivity contribution is 8.01. The zero-order valence-electron chi connectivity index (χ0n) is 18.6. The fourth-order valence-corrected chi connectivity index (χ4v) is 6.44. The van der Waals surface area contributed by atoms with Crippen molar-refractivity contribution in [2.24, 2.45) is 0 Å². The van der Waals surface area contributed by atoms with Gasteiger partial charge in [-0.3, -0.25) is 14.4 Å². The lowest BCUT2D eigenvalue weighted by atomic mass is 10.1. The molecule has 0 aliphatic carbocycles. The Morgan fingerprint density at radius 1 is 1.03 bits per heavy atom. The molecule has 0 saturated carbocycles. The maximum atomic E-state index is 13.5.